The third-order valence-electron chi connectivity index (χ3n) is 3.44. The van der Waals surface area contributed by atoms with E-state index in [1.54, 1.807) is 0 Å². The van der Waals surface area contributed by atoms with E-state index in [2.05, 4.69) is 4.99 Å². The van der Waals surface area contributed by atoms with Gasteiger partial charge in [0, 0.05) is 35.4 Å². The van der Waals surface area contributed by atoms with Gasteiger partial charge in [-0.1, -0.05) is 6.07 Å². The minimum Gasteiger partial charge on any atom is -0.507 e. The highest BCUT2D eigenvalue weighted by atomic mass is 16.6. The van der Waals surface area contributed by atoms with Crippen LogP contribution in [0.25, 0.3) is 6.08 Å². The molecular weight excluding hydrogens is 346 g/mol. The van der Waals surface area contributed by atoms with E-state index in [0.29, 0.717) is 0 Å². The van der Waals surface area contributed by atoms with Crippen LogP contribution in [0.4, 0.5) is 11.4 Å². The van der Waals surface area contributed by atoms with Crippen LogP contribution in [0.3, 0.4) is 0 Å². The third-order valence-corrected chi connectivity index (χ3v) is 3.44. The van der Waals surface area contributed by atoms with Crippen LogP contribution in [0.5, 0.6) is 5.75 Å². The number of cyclic esters (lactones) is 1. The molecule has 3 rings (SSSR count). The molecule has 0 radical (unpaired) electrons. The molecule has 26 heavy (non-hydrogen) atoms. The zero-order valence-electron chi connectivity index (χ0n) is 12.9. The van der Waals surface area contributed by atoms with Crippen LogP contribution < -0.4 is 0 Å². The molecule has 0 aromatic heterocycles. The number of hydrogen-bond donors (Lipinski definition) is 1. The molecule has 10 heteroatoms. The summed E-state index contributed by atoms with van der Waals surface area (Å²) in [6.45, 7) is 0. The van der Waals surface area contributed by atoms with Crippen LogP contribution >= 0.6 is 0 Å². The number of phenolic OH excluding ortho intramolecular Hbond substituents is 1. The number of nitrogens with zero attached hydrogens (tertiary/aromatic N) is 3. The minimum absolute atomic E-state index is 0.00944. The molecule has 1 heterocycles. The Morgan fingerprint density at radius 1 is 1.04 bits per heavy atom. The van der Waals surface area contributed by atoms with Crippen molar-refractivity contribution in [3.63, 3.8) is 0 Å². The second-order valence-electron chi connectivity index (χ2n) is 5.14. The molecule has 1 aliphatic heterocycles. The highest BCUT2D eigenvalue weighted by Gasteiger charge is 2.25. The lowest BCUT2D eigenvalue weighted by molar-refractivity contribution is -0.385. The number of carbonyl (C=O) groups is 1. The lowest BCUT2D eigenvalue weighted by Gasteiger charge is -1.99. The highest BCUT2D eigenvalue weighted by molar-refractivity contribution is 6.13. The Morgan fingerprint density at radius 3 is 2.42 bits per heavy atom. The van der Waals surface area contributed by atoms with Crippen LogP contribution in [-0.2, 0) is 9.53 Å². The zero-order valence-corrected chi connectivity index (χ0v) is 12.9. The van der Waals surface area contributed by atoms with Crippen molar-refractivity contribution in [2.75, 3.05) is 0 Å². The molecule has 0 atom stereocenters. The van der Waals surface area contributed by atoms with Crippen LogP contribution in [0.1, 0.15) is 11.1 Å². The fourth-order valence-corrected chi connectivity index (χ4v) is 2.20. The Bertz CT molecular complexity index is 1010. The molecule has 0 unspecified atom stereocenters. The van der Waals surface area contributed by atoms with Gasteiger partial charge in [-0.2, -0.15) is 0 Å². The van der Waals surface area contributed by atoms with Crippen molar-refractivity contribution in [1.29, 1.82) is 0 Å². The molecule has 0 bridgehead atoms. The van der Waals surface area contributed by atoms with Gasteiger partial charge in [0.05, 0.1) is 9.85 Å². The summed E-state index contributed by atoms with van der Waals surface area (Å²) in [6.07, 6.45) is 1.13. The predicted molar refractivity (Wildman–Crippen MR) is 88.5 cm³/mol. The van der Waals surface area contributed by atoms with Crippen LogP contribution in [0.2, 0.25) is 0 Å². The number of phenols is 1. The summed E-state index contributed by atoms with van der Waals surface area (Å²) >= 11 is 0. The van der Waals surface area contributed by atoms with Crippen molar-refractivity contribution in [1.82, 2.24) is 0 Å². The molecule has 1 N–H and O–H groups in total. The number of ether oxygens (including phenoxy) is 1. The number of rotatable bonds is 4. The van der Waals surface area contributed by atoms with Crippen molar-refractivity contribution in [2.24, 2.45) is 4.99 Å². The average Bonchev–Trinajstić information content (AvgIpc) is 2.97. The van der Waals surface area contributed by atoms with Gasteiger partial charge in [-0.25, -0.2) is 9.79 Å². The monoisotopic (exact) mass is 355 g/mol. The fraction of sp³-hybridized carbons (Fsp3) is 0. The molecule has 0 spiro atoms. The van der Waals surface area contributed by atoms with Crippen molar-refractivity contribution >= 4 is 29.3 Å². The number of hydrogen-bond acceptors (Lipinski definition) is 8. The Labute approximate surface area is 145 Å². The summed E-state index contributed by atoms with van der Waals surface area (Å²) in [6, 6.07) is 8.68. The fourth-order valence-electron chi connectivity index (χ4n) is 2.20. The Balaban J connectivity index is 2.00. The molecular formula is C16H9N3O7. The van der Waals surface area contributed by atoms with Gasteiger partial charge < -0.3 is 9.84 Å². The number of benzene rings is 2. The highest BCUT2D eigenvalue weighted by Crippen LogP contribution is 2.27. The average molecular weight is 355 g/mol. The first kappa shape index (κ1) is 16.8. The number of aromatic hydroxyl groups is 1. The van der Waals surface area contributed by atoms with Gasteiger partial charge in [0.25, 0.3) is 11.4 Å². The largest absolute Gasteiger partial charge is 0.507 e. The SMILES string of the molecule is O=C1OC(c2cccc([N+](=O)[O-])c2)=N/C1=C\c1cc([N+](=O)[O-])ccc1O. The zero-order chi connectivity index (χ0) is 18.8. The Kier molecular flexibility index (Phi) is 4.15. The molecule has 2 aromatic rings. The maximum atomic E-state index is 12.0. The quantitative estimate of drug-likeness (QED) is 0.384. The minimum atomic E-state index is -0.850. The standard InChI is InChI=1S/C16H9N3O7/c20-14-5-4-12(19(24)25)7-10(14)8-13-16(21)26-15(17-13)9-2-1-3-11(6-9)18(22)23/h1-8,20H/b13-8-. The molecule has 0 fully saturated rings. The topological polar surface area (TPSA) is 145 Å². The number of carbonyl (C=O) groups excluding carboxylic acids is 1. The van der Waals surface area contributed by atoms with Gasteiger partial charge in [-0.15, -0.1) is 0 Å². The number of esters is 1. The van der Waals surface area contributed by atoms with E-state index < -0.39 is 15.8 Å². The van der Waals surface area contributed by atoms with E-state index in [1.807, 2.05) is 0 Å². The number of nitro groups is 2. The third kappa shape index (κ3) is 3.24. The van der Waals surface area contributed by atoms with Crippen molar-refractivity contribution in [3.05, 3.63) is 79.5 Å². The molecule has 0 aliphatic carbocycles. The van der Waals surface area contributed by atoms with Gasteiger partial charge in [-0.05, 0) is 18.2 Å². The van der Waals surface area contributed by atoms with E-state index in [0.717, 1.165) is 24.3 Å². The van der Waals surface area contributed by atoms with Gasteiger partial charge >= 0.3 is 5.97 Å². The number of aliphatic imine (C=N–C) groups is 1. The second kappa shape index (κ2) is 6.43. The van der Waals surface area contributed by atoms with E-state index in [9.17, 15) is 30.1 Å². The van der Waals surface area contributed by atoms with Gasteiger partial charge in [-0.3, -0.25) is 20.2 Å². The molecule has 0 saturated carbocycles. The Hall–Kier alpha value is -4.08. The van der Waals surface area contributed by atoms with Crippen LogP contribution in [0, 0.1) is 20.2 Å². The Morgan fingerprint density at radius 2 is 1.73 bits per heavy atom. The van der Waals surface area contributed by atoms with Crippen molar-refractivity contribution in [2.45, 2.75) is 0 Å². The maximum absolute atomic E-state index is 12.0. The number of non-ortho nitro benzene ring substituents is 2. The molecule has 10 nitrogen and oxygen atoms in total. The summed E-state index contributed by atoms with van der Waals surface area (Å²) in [4.78, 5) is 36.3. The van der Waals surface area contributed by atoms with E-state index >= 15 is 0 Å². The van der Waals surface area contributed by atoms with E-state index in [1.165, 1.54) is 24.3 Å². The number of nitro benzene ring substituents is 2. The lowest BCUT2D eigenvalue weighted by atomic mass is 10.1. The van der Waals surface area contributed by atoms with Gasteiger partial charge in [0.1, 0.15) is 5.75 Å². The first-order chi connectivity index (χ1) is 12.3. The summed E-state index contributed by atoms with van der Waals surface area (Å²) in [5.41, 5.74) is -0.449. The molecule has 1 aliphatic rings. The first-order valence-electron chi connectivity index (χ1n) is 7.10. The van der Waals surface area contributed by atoms with Crippen molar-refractivity contribution in [3.8, 4) is 5.75 Å². The molecule has 130 valence electrons. The summed E-state index contributed by atoms with van der Waals surface area (Å²) in [7, 11) is 0. The van der Waals surface area contributed by atoms with Crippen molar-refractivity contribution < 1.29 is 24.5 Å². The molecule has 0 amide bonds. The van der Waals surface area contributed by atoms with Gasteiger partial charge in [0.15, 0.2) is 5.70 Å². The normalized spacial score (nSPS) is 14.8. The molecule has 0 saturated heterocycles. The first-order valence-corrected chi connectivity index (χ1v) is 7.10. The summed E-state index contributed by atoms with van der Waals surface area (Å²) in [5.74, 6) is -1.28. The van der Waals surface area contributed by atoms with E-state index in [4.69, 9.17) is 4.74 Å². The van der Waals surface area contributed by atoms with Gasteiger partial charge in [0.2, 0.25) is 5.90 Å². The molecule has 2 aromatic carbocycles. The lowest BCUT2D eigenvalue weighted by Crippen LogP contribution is -2.05. The van der Waals surface area contributed by atoms with Crippen LogP contribution in [0.15, 0.2) is 53.2 Å². The predicted octanol–water partition coefficient (Wildman–Crippen LogP) is 2.55. The maximum Gasteiger partial charge on any atom is 0.363 e. The summed E-state index contributed by atoms with van der Waals surface area (Å²) < 4.78 is 4.99. The van der Waals surface area contributed by atoms with E-state index in [-0.39, 0.29) is 39.8 Å². The smallest absolute Gasteiger partial charge is 0.363 e. The summed E-state index contributed by atoms with van der Waals surface area (Å²) in [5, 5.41) is 31.4. The van der Waals surface area contributed by atoms with Crippen LogP contribution in [-0.4, -0.2) is 26.8 Å². The second-order valence-corrected chi connectivity index (χ2v) is 5.14.